The van der Waals surface area contributed by atoms with E-state index in [0.717, 1.165) is 22.3 Å². The first kappa shape index (κ1) is 36.2. The largest absolute Gasteiger partial charge is 0.457 e. The molecule has 0 N–H and O–H groups in total. The number of hydrogen-bond acceptors (Lipinski definition) is 8. The second-order valence-electron chi connectivity index (χ2n) is 13.4. The summed E-state index contributed by atoms with van der Waals surface area (Å²) in [5, 5.41) is 17.5. The monoisotopic (exact) mass is 720 g/mol. The molecule has 264 valence electrons. The standard InChI is InChI=1S/C44H36N2O6S/c1-43(2,31-5-13-35(14-6-31)49-29-45)33-9-17-37(18-10-33)51-39-21-25-41(26-22-39)53(47,48)42-27-23-40(24-28-42)52-38-19-11-34(12-20-38)44(3,4)32-7-15-36(16-8-32)50-30-46/h5-28H,1-4H3. The number of benzene rings is 6. The summed E-state index contributed by atoms with van der Waals surface area (Å²) in [4.78, 5) is 0.291. The molecule has 0 amide bonds. The van der Waals surface area contributed by atoms with E-state index in [4.69, 9.17) is 29.5 Å². The number of hydrogen-bond donors (Lipinski definition) is 0. The van der Waals surface area contributed by atoms with E-state index in [1.165, 1.54) is 24.3 Å². The Balaban J connectivity index is 1.07. The van der Waals surface area contributed by atoms with Crippen molar-refractivity contribution in [2.24, 2.45) is 0 Å². The minimum atomic E-state index is -3.79. The van der Waals surface area contributed by atoms with Crippen LogP contribution in [-0.4, -0.2) is 8.42 Å². The molecular formula is C44H36N2O6S. The van der Waals surface area contributed by atoms with Crippen molar-refractivity contribution in [1.82, 2.24) is 0 Å². The molecule has 0 fully saturated rings. The molecule has 0 spiro atoms. The number of nitrogens with zero attached hydrogens (tertiary/aromatic N) is 2. The van der Waals surface area contributed by atoms with Crippen LogP contribution in [0.3, 0.4) is 0 Å². The van der Waals surface area contributed by atoms with Crippen LogP contribution in [0.15, 0.2) is 155 Å². The highest BCUT2D eigenvalue weighted by molar-refractivity contribution is 7.91. The fourth-order valence-corrected chi connectivity index (χ4v) is 7.24. The zero-order valence-corrected chi connectivity index (χ0v) is 30.4. The average molecular weight is 721 g/mol. The number of ether oxygens (including phenoxy) is 4. The predicted molar refractivity (Wildman–Crippen MR) is 201 cm³/mol. The summed E-state index contributed by atoms with van der Waals surface area (Å²) >= 11 is 0. The Labute approximate surface area is 310 Å². The zero-order valence-electron chi connectivity index (χ0n) is 29.6. The Hall–Kier alpha value is -6.55. The van der Waals surface area contributed by atoms with E-state index >= 15 is 0 Å². The van der Waals surface area contributed by atoms with Crippen LogP contribution in [0, 0.1) is 23.0 Å². The van der Waals surface area contributed by atoms with Crippen LogP contribution in [0.1, 0.15) is 49.9 Å². The Kier molecular flexibility index (Phi) is 10.2. The third-order valence-electron chi connectivity index (χ3n) is 9.37. The molecule has 53 heavy (non-hydrogen) atoms. The molecule has 0 radical (unpaired) electrons. The van der Waals surface area contributed by atoms with Crippen molar-refractivity contribution >= 4 is 9.84 Å². The zero-order chi connectivity index (χ0) is 37.6. The van der Waals surface area contributed by atoms with Gasteiger partial charge in [-0.2, -0.15) is 0 Å². The quantitative estimate of drug-likeness (QED) is 0.115. The molecule has 0 aliphatic carbocycles. The summed E-state index contributed by atoms with van der Waals surface area (Å²) in [5.41, 5.74) is 3.66. The maximum Gasteiger partial charge on any atom is 0.292 e. The maximum absolute atomic E-state index is 13.4. The molecule has 9 heteroatoms. The lowest BCUT2D eigenvalue weighted by atomic mass is 9.78. The summed E-state index contributed by atoms with van der Waals surface area (Å²) in [6, 6.07) is 43.0. The summed E-state index contributed by atoms with van der Waals surface area (Å²) in [6.45, 7) is 8.45. The summed E-state index contributed by atoms with van der Waals surface area (Å²) in [7, 11) is -3.79. The average Bonchev–Trinajstić information content (AvgIpc) is 3.16. The van der Waals surface area contributed by atoms with Crippen LogP contribution < -0.4 is 18.9 Å². The SMILES string of the molecule is CC(C)(c1ccc(OC#N)cc1)c1ccc(Oc2ccc(S(=O)(=O)c3ccc(Oc4ccc(C(C)(C)c5ccc(OC#N)cc5)cc4)cc3)cc2)cc1. The number of sulfone groups is 1. The lowest BCUT2D eigenvalue weighted by molar-refractivity contribution is 0.481. The second-order valence-corrected chi connectivity index (χ2v) is 15.3. The van der Waals surface area contributed by atoms with Crippen molar-refractivity contribution in [2.45, 2.75) is 48.3 Å². The number of nitriles is 2. The molecule has 0 aromatic heterocycles. The lowest BCUT2D eigenvalue weighted by Gasteiger charge is -2.26. The summed E-state index contributed by atoms with van der Waals surface area (Å²) in [5.74, 6) is 3.23. The van der Waals surface area contributed by atoms with E-state index in [9.17, 15) is 8.42 Å². The van der Waals surface area contributed by atoms with Gasteiger partial charge in [-0.3, -0.25) is 0 Å². The Morgan fingerprint density at radius 3 is 0.868 bits per heavy atom. The molecule has 0 saturated heterocycles. The van der Waals surface area contributed by atoms with Crippen LogP contribution in [-0.2, 0) is 20.7 Å². The first-order valence-corrected chi connectivity index (χ1v) is 18.2. The molecule has 8 nitrogen and oxygen atoms in total. The highest BCUT2D eigenvalue weighted by atomic mass is 32.2. The third-order valence-corrected chi connectivity index (χ3v) is 11.2. The van der Waals surface area contributed by atoms with Gasteiger partial charge in [-0.05, 0) is 119 Å². The molecule has 0 unspecified atom stereocenters. The van der Waals surface area contributed by atoms with Gasteiger partial charge in [-0.1, -0.05) is 76.2 Å². The fraction of sp³-hybridized carbons (Fsp3) is 0.136. The van der Waals surface area contributed by atoms with Crippen LogP contribution in [0.2, 0.25) is 0 Å². The van der Waals surface area contributed by atoms with Crippen LogP contribution >= 0.6 is 0 Å². The van der Waals surface area contributed by atoms with Crippen molar-refractivity contribution in [1.29, 1.82) is 10.5 Å². The van der Waals surface area contributed by atoms with E-state index in [0.29, 0.717) is 34.5 Å². The van der Waals surface area contributed by atoms with Crippen molar-refractivity contribution in [2.75, 3.05) is 0 Å². The molecule has 0 bridgehead atoms. The second kappa shape index (κ2) is 15.0. The molecule has 6 aromatic carbocycles. The van der Waals surface area contributed by atoms with Crippen molar-refractivity contribution in [3.8, 4) is 47.0 Å². The van der Waals surface area contributed by atoms with Crippen LogP contribution in [0.5, 0.6) is 34.5 Å². The minimum absolute atomic E-state index is 0.146. The van der Waals surface area contributed by atoms with Crippen LogP contribution in [0.4, 0.5) is 0 Å². The molecule has 6 aromatic rings. The van der Waals surface area contributed by atoms with E-state index in [1.54, 1.807) is 61.0 Å². The summed E-state index contributed by atoms with van der Waals surface area (Å²) < 4.78 is 48.7. The van der Waals surface area contributed by atoms with Gasteiger partial charge in [0.15, 0.2) is 0 Å². The van der Waals surface area contributed by atoms with Crippen molar-refractivity contribution in [3.63, 3.8) is 0 Å². The van der Waals surface area contributed by atoms with Crippen molar-refractivity contribution in [3.05, 3.63) is 168 Å². The van der Waals surface area contributed by atoms with Gasteiger partial charge in [-0.25, -0.2) is 8.42 Å². The third kappa shape index (κ3) is 8.02. The minimum Gasteiger partial charge on any atom is -0.457 e. The van der Waals surface area contributed by atoms with E-state index in [2.05, 4.69) is 27.7 Å². The topological polar surface area (TPSA) is 119 Å². The Bertz CT molecular complexity index is 2210. The first-order valence-electron chi connectivity index (χ1n) is 16.7. The van der Waals surface area contributed by atoms with Crippen molar-refractivity contribution < 1.29 is 27.4 Å². The first-order chi connectivity index (χ1) is 25.4. The predicted octanol–water partition coefficient (Wildman–Crippen LogP) is 10.5. The van der Waals surface area contributed by atoms with Gasteiger partial charge in [0.25, 0.3) is 12.5 Å². The fourth-order valence-electron chi connectivity index (χ4n) is 5.98. The van der Waals surface area contributed by atoms with Gasteiger partial charge in [0.1, 0.15) is 34.5 Å². The maximum atomic E-state index is 13.4. The Morgan fingerprint density at radius 1 is 0.396 bits per heavy atom. The van der Waals surface area contributed by atoms with Gasteiger partial charge >= 0.3 is 0 Å². The van der Waals surface area contributed by atoms with E-state index in [1.807, 2.05) is 72.8 Å². The van der Waals surface area contributed by atoms with Gasteiger partial charge in [0, 0.05) is 10.8 Å². The highest BCUT2D eigenvalue weighted by Crippen LogP contribution is 2.36. The smallest absolute Gasteiger partial charge is 0.292 e. The summed E-state index contributed by atoms with van der Waals surface area (Å²) in [6.07, 6.45) is 3.36. The molecule has 6 rings (SSSR count). The highest BCUT2D eigenvalue weighted by Gasteiger charge is 2.25. The van der Waals surface area contributed by atoms with Gasteiger partial charge in [-0.15, -0.1) is 10.5 Å². The molecule has 0 heterocycles. The molecule has 0 aliphatic rings. The Morgan fingerprint density at radius 2 is 0.623 bits per heavy atom. The molecular weight excluding hydrogens is 685 g/mol. The van der Waals surface area contributed by atoms with E-state index < -0.39 is 9.84 Å². The number of rotatable bonds is 12. The molecule has 0 aliphatic heterocycles. The molecule has 0 atom stereocenters. The van der Waals surface area contributed by atoms with Gasteiger partial charge < -0.3 is 18.9 Å². The van der Waals surface area contributed by atoms with Gasteiger partial charge in [0.2, 0.25) is 9.84 Å². The molecule has 0 saturated carbocycles. The lowest BCUT2D eigenvalue weighted by Crippen LogP contribution is -2.18. The van der Waals surface area contributed by atoms with Gasteiger partial charge in [0.05, 0.1) is 9.79 Å². The van der Waals surface area contributed by atoms with Crippen LogP contribution in [0.25, 0.3) is 0 Å². The normalized spacial score (nSPS) is 11.5. The van der Waals surface area contributed by atoms with E-state index in [-0.39, 0.29) is 20.6 Å².